The molecule has 8 unspecified atom stereocenters. The van der Waals surface area contributed by atoms with Crippen molar-refractivity contribution in [1.82, 2.24) is 98.0 Å². The molecule has 15 amide bonds. The number of nitrogens with two attached hydrogens (primary N) is 3. The van der Waals surface area contributed by atoms with Gasteiger partial charge in [-0.3, -0.25) is 92.9 Å². The van der Waals surface area contributed by atoms with E-state index < -0.39 is 234 Å². The quantitative estimate of drug-likeness (QED) is 0.0126. The molecule has 2 aliphatic carbocycles. The number of aromatic nitrogens is 4. The number of unbranched alkanes of at least 4 members (excludes halogenated alkanes) is 2. The van der Waals surface area contributed by atoms with E-state index in [1.54, 1.807) is 74.8 Å². The topological polar surface area (TPSA) is 657 Å². The lowest BCUT2D eigenvalue weighted by molar-refractivity contribution is -0.150. The smallest absolute Gasteiger partial charge is 0.250 e. The van der Waals surface area contributed by atoms with Gasteiger partial charge in [-0.25, -0.2) is 4.98 Å². The maximum absolute atomic E-state index is 16.2. The Labute approximate surface area is 801 Å². The number of methoxy groups -OCH3 is 1. The molecular weight excluding hydrogens is 1810 g/mol. The SMILES string of the molecule is CCCC[C@H]1C(=O)N[C@@H](CCCNC(=N)N)C(=O)N[C@H](C(O)NCC(N)=O)CSCC(=O)N[C@H]2Cc3ccc(OC)cc3N(C2=O)[C@@H](C)C(=O)NC2(CC2C(N)=O)C(=O)N2CCC[C@H]2C(=O)NC(Cc2cnc[nH]2)C(=O)N[C@@H](CC(C)C)C(=O)N2C[C@H](O)CC2C(O)N[C@@H](Cc2c[nH]c3ccccc23)C(=O)N[C@@H](CO)C(=O)NC2(CC2c2c[nH]c3ccccc23)C(=O)N(C)[C@@H](CCCC)C(=O)N1C. The average molecular weight is 1940 g/mol. The number of aliphatic hydroxyl groups excluding tert-OH is 4. The van der Waals surface area contributed by atoms with Crippen LogP contribution < -0.4 is 85.3 Å². The van der Waals surface area contributed by atoms with Crippen LogP contribution in [0.2, 0.25) is 0 Å². The summed E-state index contributed by atoms with van der Waals surface area (Å²) >= 11 is 0.857. The van der Waals surface area contributed by atoms with E-state index in [1.807, 2.05) is 26.0 Å². The molecule has 19 atom stereocenters. The Morgan fingerprint density at radius 1 is 0.688 bits per heavy atom. The molecule has 3 aromatic heterocycles. The number of anilines is 1. The third-order valence-corrected chi connectivity index (χ3v) is 27.9. The molecule has 2 spiro atoms. The predicted octanol–water partition coefficient (Wildman–Crippen LogP) is -2.84. The first-order valence-corrected chi connectivity index (χ1v) is 48.1. The number of aliphatic hydroxyl groups is 4. The molecule has 45 heteroatoms. The zero-order valence-corrected chi connectivity index (χ0v) is 79.5. The number of nitrogens with zero attached hydrogens (tertiary/aromatic N) is 6. The Balaban J connectivity index is 0.902. The second kappa shape index (κ2) is 46.1. The molecule has 25 N–H and O–H groups in total. The number of para-hydroxylation sites is 2. The summed E-state index contributed by atoms with van der Waals surface area (Å²) in [6.45, 7) is 6.46. The highest BCUT2D eigenvalue weighted by atomic mass is 32.2. The van der Waals surface area contributed by atoms with Crippen molar-refractivity contribution in [2.45, 2.75) is 252 Å². The number of H-pyrrole nitrogens is 3. The van der Waals surface area contributed by atoms with Crippen LogP contribution in [0, 0.1) is 17.2 Å². The third kappa shape index (κ3) is 24.3. The lowest BCUT2D eigenvalue weighted by Crippen LogP contribution is -2.63. The second-order valence-electron chi connectivity index (χ2n) is 37.1. The largest absolute Gasteiger partial charge is 0.497 e. The van der Waals surface area contributed by atoms with Crippen molar-refractivity contribution in [3.8, 4) is 5.75 Å². The van der Waals surface area contributed by atoms with Gasteiger partial charge < -0.3 is 125 Å². The fraction of sp³-hybridized carbons (Fsp3) is 0.559. The number of benzene rings is 3. The summed E-state index contributed by atoms with van der Waals surface area (Å²) in [7, 11) is 4.15. The first kappa shape index (κ1) is 104. The zero-order chi connectivity index (χ0) is 99.9. The Morgan fingerprint density at radius 3 is 2.01 bits per heavy atom. The number of carbonyl (C=O) groups is 15. The normalized spacial score (nSPS) is 28.4. The monoisotopic (exact) mass is 1930 g/mol. The van der Waals surface area contributed by atoms with Gasteiger partial charge in [-0.05, 0) is 118 Å². The number of fused-ring (bicyclic) bond motifs is 8. The van der Waals surface area contributed by atoms with E-state index in [1.165, 1.54) is 66.3 Å². The summed E-state index contributed by atoms with van der Waals surface area (Å²) in [6, 6.07) is 1.38. The summed E-state index contributed by atoms with van der Waals surface area (Å²) in [5, 5.41) is 87.1. The number of guanidine groups is 1. The molecule has 3 aromatic carbocycles. The molecule has 6 aromatic rings. The van der Waals surface area contributed by atoms with E-state index in [2.05, 4.69) is 78.4 Å². The summed E-state index contributed by atoms with van der Waals surface area (Å²) in [6.07, 6.45) is 1.53. The highest BCUT2D eigenvalue weighted by Gasteiger charge is 2.68. The molecule has 44 nitrogen and oxygen atoms in total. The van der Waals surface area contributed by atoms with Gasteiger partial charge >= 0.3 is 0 Å². The number of aromatic amines is 3. The summed E-state index contributed by atoms with van der Waals surface area (Å²) in [4.78, 5) is 244. The number of imidazole rings is 1. The minimum Gasteiger partial charge on any atom is -0.497 e. The number of likely N-dealkylation sites (N-methyl/N-ethyl adjacent to an activating group) is 2. The zero-order valence-electron chi connectivity index (χ0n) is 78.7. The second-order valence-corrected chi connectivity index (χ2v) is 38.1. The first-order valence-electron chi connectivity index (χ1n) is 46.9. The standard InChI is InChI=1S/C93H130N24O20S/c1-9-11-24-69-83(129)105-62(23-17-29-99-91(96)97)79(125)110-68(78(124)102-42-74(94)120)45-138-46-75(121)104-66-32-50-27-28-54(137-8)36-72(50)117(87(66)133)49(5)77(123)111-93(38-59(93)76(95)122)90(136)115-30-18-26-70(115)84(130)107-64(34-52-40-98-47-103-52)81(127)108-65(31-48(3)4)86(132)116-43-53(119)35-73(116)85(131)106-63(33-51-39-100-60-21-15-13-19-55(51)60)80(126)109-67(44-118)82(128)112-92(37-58(92)57-41-101-61-22-16-14-20-56(57)61)89(135)114(7)71(25-12-10-2)88(134)113(69)6/h13-16,19-22,27-28,36,39-41,47-49,53,58-59,62-71,73,78,85,100-102,106,118-119,124,131H,9-12,17-18,23-26,29-35,37-38,42-46H2,1-8H3,(H2,94,120)(H2,95,122)(H,98,103)(H,104,121)(H,105,129)(H,107,130)(H,108,127)(H,109,126)(H,110,125)(H,111,123)(H,112,128)(H4,96,97,99)/t49-,53+,58?,59?,62-,63-,64?,65-,66-,67-,68-,69-,70-,71-,73?,78?,85?,92?,93?/m0/s1. The number of amides is 15. The van der Waals surface area contributed by atoms with Gasteiger partial charge in [0.05, 0.1) is 68.2 Å². The van der Waals surface area contributed by atoms with Gasteiger partial charge in [-0.2, -0.15) is 0 Å². The van der Waals surface area contributed by atoms with Crippen LogP contribution in [0.1, 0.15) is 153 Å². The fourth-order valence-electron chi connectivity index (χ4n) is 19.2. The number of nitrogens with one attached hydrogen (secondary N) is 15. The molecule has 5 fully saturated rings. The van der Waals surface area contributed by atoms with Crippen molar-refractivity contribution in [3.05, 3.63) is 114 Å². The number of thioether (sulfide) groups is 1. The number of primary amides is 2. The maximum atomic E-state index is 16.2. The van der Waals surface area contributed by atoms with E-state index in [-0.39, 0.29) is 120 Å². The summed E-state index contributed by atoms with van der Waals surface area (Å²) < 4.78 is 5.56. The van der Waals surface area contributed by atoms with E-state index in [4.69, 9.17) is 27.3 Å². The lowest BCUT2D eigenvalue weighted by atomic mass is 9.95. The van der Waals surface area contributed by atoms with Gasteiger partial charge in [-0.15, -0.1) is 11.8 Å². The summed E-state index contributed by atoms with van der Waals surface area (Å²) in [5.74, 6) is -16.6. The van der Waals surface area contributed by atoms with Gasteiger partial charge in [0.2, 0.25) is 82.7 Å². The molecule has 138 heavy (non-hydrogen) atoms. The van der Waals surface area contributed by atoms with Crippen molar-refractivity contribution in [3.63, 3.8) is 0 Å². The minimum absolute atomic E-state index is 0.00357. The van der Waals surface area contributed by atoms with Gasteiger partial charge in [0, 0.05) is 110 Å². The van der Waals surface area contributed by atoms with Crippen molar-refractivity contribution in [1.29, 1.82) is 5.41 Å². The molecular formula is C93H130N24O20S. The van der Waals surface area contributed by atoms with E-state index >= 15 is 57.5 Å². The maximum Gasteiger partial charge on any atom is 0.250 e. The minimum atomic E-state index is -2.10. The van der Waals surface area contributed by atoms with Gasteiger partial charge in [0.25, 0.3) is 5.91 Å². The Kier molecular flexibility index (Phi) is 34.8. The number of carbonyl (C=O) groups excluding carboxylic acids is 15. The van der Waals surface area contributed by atoms with Crippen LogP contribution in [-0.4, -0.2) is 322 Å². The van der Waals surface area contributed by atoms with Crippen LogP contribution in [0.3, 0.4) is 0 Å². The van der Waals surface area contributed by atoms with Crippen LogP contribution in [0.15, 0.2) is 91.6 Å². The highest BCUT2D eigenvalue weighted by molar-refractivity contribution is 8.00. The Bertz CT molecular complexity index is 5470. The molecule has 12 rings (SSSR count). The summed E-state index contributed by atoms with van der Waals surface area (Å²) in [5.41, 5.74) is 16.5. The predicted molar refractivity (Wildman–Crippen MR) is 506 cm³/mol. The molecule has 748 valence electrons. The molecule has 2 bridgehead atoms. The Hall–Kier alpha value is -12.8. The van der Waals surface area contributed by atoms with Crippen LogP contribution in [0.4, 0.5) is 5.69 Å². The molecule has 3 saturated heterocycles. The molecule has 4 aliphatic heterocycles. The third-order valence-electron chi connectivity index (χ3n) is 26.8. The molecule has 7 heterocycles. The van der Waals surface area contributed by atoms with Crippen molar-refractivity contribution < 1.29 is 97.1 Å². The van der Waals surface area contributed by atoms with Crippen molar-refractivity contribution >= 4 is 134 Å². The first-order chi connectivity index (χ1) is 65.8. The average Bonchev–Trinajstić information content (AvgIpc) is 1.56. The van der Waals surface area contributed by atoms with Crippen molar-refractivity contribution in [2.75, 3.05) is 70.4 Å². The molecule has 2 saturated carbocycles. The van der Waals surface area contributed by atoms with Gasteiger partial charge in [-0.1, -0.05) is 95.8 Å². The van der Waals surface area contributed by atoms with E-state index in [9.17, 15) is 34.8 Å². The van der Waals surface area contributed by atoms with Gasteiger partial charge in [0.1, 0.15) is 83.7 Å². The number of rotatable bonds is 24. The van der Waals surface area contributed by atoms with Gasteiger partial charge in [0.15, 0.2) is 5.96 Å². The van der Waals surface area contributed by atoms with Crippen LogP contribution in [0.5, 0.6) is 5.75 Å². The number of ether oxygens (including phenoxy) is 1. The Morgan fingerprint density at radius 2 is 1.35 bits per heavy atom. The van der Waals surface area contributed by atoms with E-state index in [0.717, 1.165) is 16.7 Å². The molecule has 0 radical (unpaired) electrons. The lowest BCUT2D eigenvalue weighted by Gasteiger charge is -2.38. The van der Waals surface area contributed by atoms with Crippen molar-refractivity contribution in [2.24, 2.45) is 29.0 Å². The molecule has 6 aliphatic rings. The van der Waals surface area contributed by atoms with Crippen LogP contribution in [-0.2, 0) is 91.2 Å². The number of hydrogen-bond acceptors (Lipinski definition) is 25. The number of hydrogen-bond donors (Lipinski definition) is 22. The van der Waals surface area contributed by atoms with E-state index in [0.29, 0.717) is 69.9 Å². The highest BCUT2D eigenvalue weighted by Crippen LogP contribution is 2.55. The van der Waals surface area contributed by atoms with Crippen LogP contribution in [0.25, 0.3) is 21.8 Å². The fourth-order valence-corrected chi connectivity index (χ4v) is 20.1. The van der Waals surface area contributed by atoms with Crippen LogP contribution >= 0.6 is 11.8 Å².